The minimum Gasteiger partial charge on any atom is -0.481 e. The van der Waals surface area contributed by atoms with Gasteiger partial charge in [-0.2, -0.15) is 0 Å². The minimum atomic E-state index is -0.581. The van der Waals surface area contributed by atoms with E-state index in [0.717, 1.165) is 6.42 Å². The highest BCUT2D eigenvalue weighted by molar-refractivity contribution is 5.78. The van der Waals surface area contributed by atoms with Crippen LogP contribution in [-0.4, -0.2) is 12.0 Å². The number of primary amides is 1. The summed E-state index contributed by atoms with van der Waals surface area (Å²) in [5.41, 5.74) is 6.32. The highest BCUT2D eigenvalue weighted by Gasteiger charge is 2.09. The van der Waals surface area contributed by atoms with Gasteiger partial charge in [0.15, 0.2) is 6.10 Å². The minimum absolute atomic E-state index is 0.454. The lowest BCUT2D eigenvalue weighted by atomic mass is 10.2. The summed E-state index contributed by atoms with van der Waals surface area (Å²) in [7, 11) is 0. The van der Waals surface area contributed by atoms with Crippen LogP contribution in [-0.2, 0) is 11.2 Å². The number of hydrogen-bond donors (Lipinski definition) is 1. The smallest absolute Gasteiger partial charge is 0.258 e. The van der Waals surface area contributed by atoms with Crippen LogP contribution >= 0.6 is 0 Å². The summed E-state index contributed by atoms with van der Waals surface area (Å²) in [6.45, 7) is 3.72. The van der Waals surface area contributed by atoms with Crippen molar-refractivity contribution in [2.75, 3.05) is 0 Å². The van der Waals surface area contributed by atoms with Crippen molar-refractivity contribution >= 4 is 5.91 Å². The first-order chi connectivity index (χ1) is 6.63. The van der Waals surface area contributed by atoms with Crippen molar-refractivity contribution in [3.63, 3.8) is 0 Å². The van der Waals surface area contributed by atoms with Gasteiger partial charge in [-0.1, -0.05) is 19.1 Å². The molecule has 3 nitrogen and oxygen atoms in total. The van der Waals surface area contributed by atoms with Gasteiger partial charge in [-0.15, -0.1) is 0 Å². The molecular weight excluding hydrogens is 178 g/mol. The fourth-order valence-corrected chi connectivity index (χ4v) is 1.07. The fourth-order valence-electron chi connectivity index (χ4n) is 1.07. The summed E-state index contributed by atoms with van der Waals surface area (Å²) in [5.74, 6) is 0.220. The summed E-state index contributed by atoms with van der Waals surface area (Å²) in [5, 5.41) is 0. The molecule has 3 heteroatoms. The molecule has 0 spiro atoms. The molecule has 0 fully saturated rings. The van der Waals surface area contributed by atoms with Gasteiger partial charge in [0, 0.05) is 0 Å². The molecule has 0 aliphatic carbocycles. The molecule has 14 heavy (non-hydrogen) atoms. The lowest BCUT2D eigenvalue weighted by molar-refractivity contribution is -0.123. The molecule has 0 aliphatic heterocycles. The maximum atomic E-state index is 10.7. The molecule has 2 N–H and O–H groups in total. The molecule has 0 unspecified atom stereocenters. The van der Waals surface area contributed by atoms with Gasteiger partial charge in [-0.05, 0) is 31.0 Å². The molecule has 0 saturated heterocycles. The molecule has 0 aromatic heterocycles. The van der Waals surface area contributed by atoms with Crippen LogP contribution in [0, 0.1) is 0 Å². The molecule has 0 heterocycles. The summed E-state index contributed by atoms with van der Waals surface area (Å²) in [4.78, 5) is 10.7. The van der Waals surface area contributed by atoms with Gasteiger partial charge in [0.25, 0.3) is 5.91 Å². The zero-order valence-electron chi connectivity index (χ0n) is 8.49. The first-order valence-electron chi connectivity index (χ1n) is 4.68. The van der Waals surface area contributed by atoms with Crippen molar-refractivity contribution in [3.8, 4) is 5.75 Å². The number of rotatable bonds is 4. The van der Waals surface area contributed by atoms with E-state index in [-0.39, 0.29) is 0 Å². The molecule has 1 amide bonds. The third-order valence-electron chi connectivity index (χ3n) is 2.05. The number of carbonyl (C=O) groups is 1. The lowest BCUT2D eigenvalue weighted by Crippen LogP contribution is -2.30. The number of nitrogens with two attached hydrogens (primary N) is 1. The van der Waals surface area contributed by atoms with Crippen LogP contribution < -0.4 is 10.5 Å². The molecular formula is C11H15NO2. The first kappa shape index (κ1) is 10.6. The fraction of sp³-hybridized carbons (Fsp3) is 0.364. The Balaban J connectivity index is 2.64. The van der Waals surface area contributed by atoms with Crippen molar-refractivity contribution in [1.29, 1.82) is 0 Å². The largest absolute Gasteiger partial charge is 0.481 e. The van der Waals surface area contributed by atoms with E-state index in [2.05, 4.69) is 6.92 Å². The highest BCUT2D eigenvalue weighted by Crippen LogP contribution is 2.13. The van der Waals surface area contributed by atoms with Crippen LogP contribution in [0.3, 0.4) is 0 Å². The van der Waals surface area contributed by atoms with E-state index in [1.165, 1.54) is 5.56 Å². The Morgan fingerprint density at radius 3 is 2.43 bits per heavy atom. The number of hydrogen-bond acceptors (Lipinski definition) is 2. The Morgan fingerprint density at radius 2 is 2.00 bits per heavy atom. The van der Waals surface area contributed by atoms with Crippen molar-refractivity contribution in [2.24, 2.45) is 5.73 Å². The molecule has 1 atom stereocenters. The highest BCUT2D eigenvalue weighted by atomic mass is 16.5. The van der Waals surface area contributed by atoms with Gasteiger partial charge in [0.05, 0.1) is 0 Å². The average Bonchev–Trinajstić information content (AvgIpc) is 2.19. The Morgan fingerprint density at radius 1 is 1.43 bits per heavy atom. The topological polar surface area (TPSA) is 52.3 Å². The van der Waals surface area contributed by atoms with E-state index >= 15 is 0 Å². The van der Waals surface area contributed by atoms with Crippen LogP contribution in [0.5, 0.6) is 5.75 Å². The van der Waals surface area contributed by atoms with Crippen LogP contribution in [0.15, 0.2) is 24.3 Å². The van der Waals surface area contributed by atoms with Crippen molar-refractivity contribution in [1.82, 2.24) is 0 Å². The van der Waals surface area contributed by atoms with Gasteiger partial charge in [0.2, 0.25) is 0 Å². The van der Waals surface area contributed by atoms with E-state index in [9.17, 15) is 4.79 Å². The van der Waals surface area contributed by atoms with E-state index in [4.69, 9.17) is 10.5 Å². The third-order valence-corrected chi connectivity index (χ3v) is 2.05. The van der Waals surface area contributed by atoms with E-state index in [1.807, 2.05) is 24.3 Å². The van der Waals surface area contributed by atoms with E-state index in [0.29, 0.717) is 5.75 Å². The Labute approximate surface area is 83.9 Å². The normalized spacial score (nSPS) is 12.1. The van der Waals surface area contributed by atoms with Gasteiger partial charge in [-0.25, -0.2) is 0 Å². The standard InChI is InChI=1S/C11H15NO2/c1-3-9-4-6-10(7-5-9)14-8(2)11(12)13/h4-8H,3H2,1-2H3,(H2,12,13)/t8-/m0/s1. The van der Waals surface area contributed by atoms with Crippen molar-refractivity contribution in [3.05, 3.63) is 29.8 Å². The number of amides is 1. The quantitative estimate of drug-likeness (QED) is 0.787. The Hall–Kier alpha value is -1.51. The van der Waals surface area contributed by atoms with Crippen molar-refractivity contribution < 1.29 is 9.53 Å². The molecule has 0 bridgehead atoms. The van der Waals surface area contributed by atoms with Gasteiger partial charge >= 0.3 is 0 Å². The third kappa shape index (κ3) is 2.76. The molecule has 1 aromatic carbocycles. The second-order valence-electron chi connectivity index (χ2n) is 3.16. The van der Waals surface area contributed by atoms with E-state index in [1.54, 1.807) is 6.92 Å². The zero-order chi connectivity index (χ0) is 10.6. The van der Waals surface area contributed by atoms with E-state index < -0.39 is 12.0 Å². The average molecular weight is 193 g/mol. The van der Waals surface area contributed by atoms with Crippen LogP contribution in [0.4, 0.5) is 0 Å². The first-order valence-corrected chi connectivity index (χ1v) is 4.68. The Kier molecular flexibility index (Phi) is 3.51. The van der Waals surface area contributed by atoms with Crippen LogP contribution in [0.1, 0.15) is 19.4 Å². The molecule has 0 aliphatic rings. The number of ether oxygens (including phenoxy) is 1. The van der Waals surface area contributed by atoms with Gasteiger partial charge < -0.3 is 10.5 Å². The maximum absolute atomic E-state index is 10.7. The SMILES string of the molecule is CCc1ccc(O[C@@H](C)C(N)=O)cc1. The van der Waals surface area contributed by atoms with Crippen LogP contribution in [0.25, 0.3) is 0 Å². The summed E-state index contributed by atoms with van der Waals surface area (Å²) >= 11 is 0. The maximum Gasteiger partial charge on any atom is 0.258 e. The zero-order valence-corrected chi connectivity index (χ0v) is 8.49. The molecule has 1 rings (SSSR count). The molecule has 0 saturated carbocycles. The molecule has 0 radical (unpaired) electrons. The summed E-state index contributed by atoms with van der Waals surface area (Å²) < 4.78 is 5.30. The predicted molar refractivity (Wildman–Crippen MR) is 55.1 cm³/mol. The second kappa shape index (κ2) is 4.65. The van der Waals surface area contributed by atoms with Crippen LogP contribution in [0.2, 0.25) is 0 Å². The van der Waals surface area contributed by atoms with Gasteiger partial charge in [-0.3, -0.25) is 4.79 Å². The summed E-state index contributed by atoms with van der Waals surface area (Å²) in [6, 6.07) is 7.64. The lowest BCUT2D eigenvalue weighted by Gasteiger charge is -2.11. The number of carbonyl (C=O) groups excluding carboxylic acids is 1. The number of benzene rings is 1. The molecule has 1 aromatic rings. The number of aryl methyl sites for hydroxylation is 1. The molecule has 76 valence electrons. The van der Waals surface area contributed by atoms with Gasteiger partial charge in [0.1, 0.15) is 5.75 Å². The Bertz CT molecular complexity index is 306. The summed E-state index contributed by atoms with van der Waals surface area (Å²) in [6.07, 6.45) is 0.411. The van der Waals surface area contributed by atoms with Crippen molar-refractivity contribution in [2.45, 2.75) is 26.4 Å². The second-order valence-corrected chi connectivity index (χ2v) is 3.16. The monoisotopic (exact) mass is 193 g/mol. The predicted octanol–water partition coefficient (Wildman–Crippen LogP) is 1.50.